The number of carbonyl (C=O) groups is 1. The summed E-state index contributed by atoms with van der Waals surface area (Å²) in [7, 11) is 0. The maximum atomic E-state index is 10.8. The third-order valence-corrected chi connectivity index (χ3v) is 2.71. The highest BCUT2D eigenvalue weighted by molar-refractivity contribution is 6.34. The molecule has 0 bridgehead atoms. The van der Waals surface area contributed by atoms with Crippen molar-refractivity contribution in [1.29, 1.82) is 0 Å². The number of halogens is 1. The largest absolute Gasteiger partial charge is 0.478 e. The molecule has 0 aliphatic heterocycles. The molecule has 0 aliphatic rings. The topological polar surface area (TPSA) is 66.6 Å². The summed E-state index contributed by atoms with van der Waals surface area (Å²) in [5, 5.41) is 9.23. The summed E-state index contributed by atoms with van der Waals surface area (Å²) in [6.07, 6.45) is 0. The number of hydrogen-bond acceptors (Lipinski definition) is 3. The summed E-state index contributed by atoms with van der Waals surface area (Å²) in [5.41, 5.74) is 7.03. The predicted octanol–water partition coefficient (Wildman–Crippen LogP) is 2.47. The zero-order valence-electron chi connectivity index (χ0n) is 9.33. The fourth-order valence-corrected chi connectivity index (χ4v) is 1.96. The number of benzene rings is 1. The fraction of sp³-hybridized carbons (Fsp3) is 0.364. The Balaban J connectivity index is 3.26. The van der Waals surface area contributed by atoms with Gasteiger partial charge in [-0.15, -0.1) is 0 Å². The molecule has 1 rings (SSSR count). The minimum Gasteiger partial charge on any atom is -0.478 e. The number of carboxylic acids is 1. The maximum Gasteiger partial charge on any atom is 0.335 e. The summed E-state index contributed by atoms with van der Waals surface area (Å²) in [6, 6.07) is 2.86. The molecule has 0 aromatic heterocycles. The van der Waals surface area contributed by atoms with Crippen LogP contribution in [0.1, 0.15) is 24.2 Å². The molecule has 0 radical (unpaired) electrons. The lowest BCUT2D eigenvalue weighted by Crippen LogP contribution is -2.23. The van der Waals surface area contributed by atoms with Crippen molar-refractivity contribution < 1.29 is 9.90 Å². The molecule has 0 unspecified atom stereocenters. The minimum atomic E-state index is -1.03. The van der Waals surface area contributed by atoms with Gasteiger partial charge < -0.3 is 15.7 Å². The first-order chi connectivity index (χ1) is 7.51. The van der Waals surface area contributed by atoms with Crippen LogP contribution >= 0.6 is 11.6 Å². The summed E-state index contributed by atoms with van der Waals surface area (Å²) in [6.45, 7) is 5.52. The summed E-state index contributed by atoms with van der Waals surface area (Å²) in [5.74, 6) is -1.03. The van der Waals surface area contributed by atoms with E-state index in [-0.39, 0.29) is 5.56 Å². The molecule has 1 aromatic carbocycles. The van der Waals surface area contributed by atoms with Crippen molar-refractivity contribution in [3.05, 3.63) is 22.7 Å². The van der Waals surface area contributed by atoms with Crippen molar-refractivity contribution in [3.8, 4) is 0 Å². The maximum absolute atomic E-state index is 10.8. The van der Waals surface area contributed by atoms with Crippen molar-refractivity contribution in [2.24, 2.45) is 0 Å². The molecule has 1 aromatic rings. The lowest BCUT2D eigenvalue weighted by Gasteiger charge is -2.24. The molecule has 0 saturated heterocycles. The molecule has 0 fully saturated rings. The van der Waals surface area contributed by atoms with Gasteiger partial charge >= 0.3 is 5.97 Å². The number of nitrogens with zero attached hydrogens (tertiary/aromatic N) is 1. The number of aromatic carboxylic acids is 1. The Morgan fingerprint density at radius 1 is 1.44 bits per heavy atom. The van der Waals surface area contributed by atoms with Crippen molar-refractivity contribution in [2.75, 3.05) is 23.7 Å². The van der Waals surface area contributed by atoms with Crippen molar-refractivity contribution >= 4 is 28.9 Å². The van der Waals surface area contributed by atoms with Gasteiger partial charge in [-0.2, -0.15) is 0 Å². The van der Waals surface area contributed by atoms with Crippen LogP contribution in [0.15, 0.2) is 12.1 Å². The second-order valence-corrected chi connectivity index (χ2v) is 3.78. The van der Waals surface area contributed by atoms with Gasteiger partial charge in [0.25, 0.3) is 0 Å². The number of hydrogen-bond donors (Lipinski definition) is 2. The van der Waals surface area contributed by atoms with Gasteiger partial charge in [0.1, 0.15) is 0 Å². The van der Waals surface area contributed by atoms with Crippen LogP contribution in [0.4, 0.5) is 11.4 Å². The predicted molar refractivity (Wildman–Crippen MR) is 66.4 cm³/mol. The molecule has 5 heteroatoms. The zero-order valence-corrected chi connectivity index (χ0v) is 10.1. The van der Waals surface area contributed by atoms with Gasteiger partial charge in [0.05, 0.1) is 22.0 Å². The molecule has 0 aliphatic carbocycles. The van der Waals surface area contributed by atoms with E-state index in [0.29, 0.717) is 16.4 Å². The summed E-state index contributed by atoms with van der Waals surface area (Å²) in [4.78, 5) is 12.8. The molecule has 88 valence electrons. The quantitative estimate of drug-likeness (QED) is 0.796. The molecular weight excluding hydrogens is 228 g/mol. The minimum absolute atomic E-state index is 0.110. The average Bonchev–Trinajstić information content (AvgIpc) is 2.22. The molecule has 16 heavy (non-hydrogen) atoms. The zero-order chi connectivity index (χ0) is 12.3. The lowest BCUT2D eigenvalue weighted by atomic mass is 10.1. The van der Waals surface area contributed by atoms with E-state index in [4.69, 9.17) is 22.4 Å². The van der Waals surface area contributed by atoms with Crippen molar-refractivity contribution in [2.45, 2.75) is 13.8 Å². The third-order valence-electron chi connectivity index (χ3n) is 2.42. The van der Waals surface area contributed by atoms with Gasteiger partial charge in [-0.25, -0.2) is 4.79 Å². The first-order valence-electron chi connectivity index (χ1n) is 5.08. The monoisotopic (exact) mass is 242 g/mol. The lowest BCUT2D eigenvalue weighted by molar-refractivity contribution is 0.0697. The number of anilines is 2. The highest BCUT2D eigenvalue weighted by Gasteiger charge is 2.14. The smallest absolute Gasteiger partial charge is 0.335 e. The molecule has 3 N–H and O–H groups in total. The Morgan fingerprint density at radius 3 is 2.38 bits per heavy atom. The van der Waals surface area contributed by atoms with E-state index in [1.54, 1.807) is 0 Å². The average molecular weight is 243 g/mol. The van der Waals surface area contributed by atoms with E-state index in [9.17, 15) is 4.79 Å². The first-order valence-corrected chi connectivity index (χ1v) is 5.46. The fourth-order valence-electron chi connectivity index (χ4n) is 1.62. The second-order valence-electron chi connectivity index (χ2n) is 3.37. The van der Waals surface area contributed by atoms with Gasteiger partial charge in [-0.1, -0.05) is 11.6 Å². The normalized spacial score (nSPS) is 10.2. The van der Waals surface area contributed by atoms with Crippen molar-refractivity contribution in [3.63, 3.8) is 0 Å². The highest BCUT2D eigenvalue weighted by Crippen LogP contribution is 2.33. The van der Waals surface area contributed by atoms with E-state index in [1.807, 2.05) is 18.7 Å². The van der Waals surface area contributed by atoms with Crippen LogP contribution < -0.4 is 10.6 Å². The Morgan fingerprint density at radius 2 is 2.00 bits per heavy atom. The van der Waals surface area contributed by atoms with Crippen LogP contribution in [0, 0.1) is 0 Å². The Labute approximate surface area is 99.6 Å². The van der Waals surface area contributed by atoms with E-state index in [2.05, 4.69) is 0 Å². The SMILES string of the molecule is CCN(CC)c1c(N)cc(C(=O)O)cc1Cl. The number of nitrogens with two attached hydrogens (primary N) is 1. The number of carboxylic acid groups (broad SMARTS) is 1. The molecule has 0 amide bonds. The van der Waals surface area contributed by atoms with E-state index in [1.165, 1.54) is 12.1 Å². The van der Waals surface area contributed by atoms with Crippen LogP contribution in [-0.2, 0) is 0 Å². The van der Waals surface area contributed by atoms with Gasteiger partial charge in [0.2, 0.25) is 0 Å². The highest BCUT2D eigenvalue weighted by atomic mass is 35.5. The van der Waals surface area contributed by atoms with Crippen LogP contribution in [0.25, 0.3) is 0 Å². The van der Waals surface area contributed by atoms with Gasteiger partial charge in [-0.05, 0) is 26.0 Å². The Hall–Kier alpha value is -1.42. The van der Waals surface area contributed by atoms with Gasteiger partial charge in [0.15, 0.2) is 0 Å². The molecule has 0 spiro atoms. The number of nitrogen functional groups attached to an aromatic ring is 1. The van der Waals surface area contributed by atoms with Crippen LogP contribution in [0.2, 0.25) is 5.02 Å². The number of rotatable bonds is 4. The van der Waals surface area contributed by atoms with Gasteiger partial charge in [-0.3, -0.25) is 0 Å². The van der Waals surface area contributed by atoms with Crippen molar-refractivity contribution in [1.82, 2.24) is 0 Å². The molecule has 0 heterocycles. The Kier molecular flexibility index (Phi) is 4.01. The van der Waals surface area contributed by atoms with E-state index >= 15 is 0 Å². The Bertz CT molecular complexity index is 380. The molecular formula is C11H15ClN2O2. The first kappa shape index (κ1) is 12.6. The van der Waals surface area contributed by atoms with Crippen LogP contribution in [0.3, 0.4) is 0 Å². The summed E-state index contributed by atoms with van der Waals surface area (Å²) >= 11 is 6.05. The van der Waals surface area contributed by atoms with Gasteiger partial charge in [0, 0.05) is 13.1 Å². The molecule has 4 nitrogen and oxygen atoms in total. The van der Waals surface area contributed by atoms with Crippen LogP contribution in [0.5, 0.6) is 0 Å². The van der Waals surface area contributed by atoms with E-state index < -0.39 is 5.97 Å². The molecule has 0 saturated carbocycles. The van der Waals surface area contributed by atoms with E-state index in [0.717, 1.165) is 13.1 Å². The standard InChI is InChI=1S/C11H15ClN2O2/c1-3-14(4-2)10-8(12)5-7(11(15)16)6-9(10)13/h5-6H,3-4,13H2,1-2H3,(H,15,16). The summed E-state index contributed by atoms with van der Waals surface area (Å²) < 4.78 is 0. The van der Waals surface area contributed by atoms with Crippen LogP contribution in [-0.4, -0.2) is 24.2 Å². The third kappa shape index (κ3) is 2.39. The molecule has 0 atom stereocenters. The second kappa shape index (κ2) is 5.07.